The van der Waals surface area contributed by atoms with Gasteiger partial charge in [-0.25, -0.2) is 4.79 Å². The molecule has 6 heteroatoms. The second-order valence-electron chi connectivity index (χ2n) is 3.99. The highest BCUT2D eigenvalue weighted by Crippen LogP contribution is 2.22. The van der Waals surface area contributed by atoms with Crippen LogP contribution < -0.4 is 4.74 Å². The van der Waals surface area contributed by atoms with Gasteiger partial charge in [-0.2, -0.15) is 5.10 Å². The fourth-order valence-corrected chi connectivity index (χ4v) is 2.15. The Labute approximate surface area is 124 Å². The first-order valence-corrected chi connectivity index (χ1v) is 6.78. The van der Waals surface area contributed by atoms with Crippen LogP contribution in [0.3, 0.4) is 0 Å². The van der Waals surface area contributed by atoms with Gasteiger partial charge in [-0.15, -0.1) is 0 Å². The van der Waals surface area contributed by atoms with Gasteiger partial charge in [0.1, 0.15) is 5.75 Å². The molecule has 0 fully saturated rings. The number of hydrogen-bond acceptors (Lipinski definition) is 3. The third kappa shape index (κ3) is 3.46. The predicted octanol–water partition coefficient (Wildman–Crippen LogP) is 2.34. The summed E-state index contributed by atoms with van der Waals surface area (Å²) in [4.78, 5) is 10.9. The Morgan fingerprint density at radius 3 is 2.89 bits per heavy atom. The van der Waals surface area contributed by atoms with Crippen molar-refractivity contribution < 1.29 is 14.6 Å². The van der Waals surface area contributed by atoms with Gasteiger partial charge in [-0.3, -0.25) is 4.68 Å². The van der Waals surface area contributed by atoms with Crippen molar-refractivity contribution >= 4 is 28.6 Å². The van der Waals surface area contributed by atoms with Crippen LogP contribution in [0.2, 0.25) is 0 Å². The fraction of sp³-hybridized carbons (Fsp3) is 0.231. The molecule has 1 aromatic heterocycles. The fourth-order valence-electron chi connectivity index (χ4n) is 1.66. The lowest BCUT2D eigenvalue weighted by Gasteiger charge is -2.09. The van der Waals surface area contributed by atoms with Gasteiger partial charge >= 0.3 is 5.97 Å². The molecule has 100 valence electrons. The Hall–Kier alpha value is -1.57. The lowest BCUT2D eigenvalue weighted by Crippen LogP contribution is -2.07. The number of carboxylic acids is 1. The highest BCUT2D eigenvalue weighted by Gasteiger charge is 2.08. The summed E-state index contributed by atoms with van der Waals surface area (Å²) < 4.78 is 8.33. The molecule has 19 heavy (non-hydrogen) atoms. The predicted molar refractivity (Wildman–Crippen MR) is 78.5 cm³/mol. The van der Waals surface area contributed by atoms with Crippen LogP contribution >= 0.6 is 22.6 Å². The van der Waals surface area contributed by atoms with Crippen molar-refractivity contribution in [2.45, 2.75) is 6.42 Å². The normalized spacial score (nSPS) is 10.4. The summed E-state index contributed by atoms with van der Waals surface area (Å²) in [6.07, 6.45) is 2.47. The number of aryl methyl sites for hydroxylation is 1. The van der Waals surface area contributed by atoms with Crippen LogP contribution in [0, 0.1) is 3.57 Å². The molecular weight excluding hydrogens is 359 g/mol. The van der Waals surface area contributed by atoms with Gasteiger partial charge in [-0.05, 0) is 46.9 Å². The van der Waals surface area contributed by atoms with Gasteiger partial charge in [0.25, 0.3) is 0 Å². The zero-order valence-electron chi connectivity index (χ0n) is 10.3. The van der Waals surface area contributed by atoms with E-state index < -0.39 is 5.97 Å². The first kappa shape index (κ1) is 13.9. The van der Waals surface area contributed by atoms with E-state index in [2.05, 4.69) is 27.7 Å². The van der Waals surface area contributed by atoms with E-state index >= 15 is 0 Å². The van der Waals surface area contributed by atoms with Crippen molar-refractivity contribution in [3.05, 3.63) is 45.3 Å². The number of nitrogens with zero attached hydrogens (tertiary/aromatic N) is 2. The van der Waals surface area contributed by atoms with Crippen LogP contribution in [-0.2, 0) is 13.5 Å². The molecule has 2 aromatic rings. The number of rotatable bonds is 5. The first-order chi connectivity index (χ1) is 9.08. The lowest BCUT2D eigenvalue weighted by atomic mass is 10.2. The average molecular weight is 372 g/mol. The number of aromatic carboxylic acids is 1. The molecule has 0 aliphatic carbocycles. The largest absolute Gasteiger partial charge is 0.492 e. The second-order valence-corrected chi connectivity index (χ2v) is 5.16. The number of hydrogen-bond donors (Lipinski definition) is 1. The molecule has 0 atom stereocenters. The number of benzene rings is 1. The van der Waals surface area contributed by atoms with E-state index in [-0.39, 0.29) is 5.56 Å². The van der Waals surface area contributed by atoms with Crippen molar-refractivity contribution in [3.63, 3.8) is 0 Å². The summed E-state index contributed by atoms with van der Waals surface area (Å²) in [5.41, 5.74) is 1.31. The topological polar surface area (TPSA) is 64.4 Å². The molecule has 0 aliphatic rings. The summed E-state index contributed by atoms with van der Waals surface area (Å²) >= 11 is 2.12. The van der Waals surface area contributed by atoms with Crippen molar-refractivity contribution in [1.82, 2.24) is 9.78 Å². The van der Waals surface area contributed by atoms with E-state index in [1.54, 1.807) is 29.1 Å². The Bertz CT molecular complexity index is 595. The molecule has 1 aromatic carbocycles. The molecule has 1 N–H and O–H groups in total. The minimum Gasteiger partial charge on any atom is -0.492 e. The van der Waals surface area contributed by atoms with Crippen LogP contribution in [0.25, 0.3) is 0 Å². The number of carboxylic acid groups (broad SMARTS) is 1. The zero-order valence-corrected chi connectivity index (χ0v) is 12.5. The van der Waals surface area contributed by atoms with E-state index in [9.17, 15) is 4.79 Å². The van der Waals surface area contributed by atoms with E-state index in [1.165, 1.54) is 0 Å². The van der Waals surface area contributed by atoms with Crippen LogP contribution in [-0.4, -0.2) is 27.5 Å². The molecule has 2 rings (SSSR count). The van der Waals surface area contributed by atoms with Crippen LogP contribution in [0.1, 0.15) is 16.1 Å². The summed E-state index contributed by atoms with van der Waals surface area (Å²) in [5.74, 6) is -0.351. The van der Waals surface area contributed by atoms with Gasteiger partial charge in [-0.1, -0.05) is 0 Å². The van der Waals surface area contributed by atoms with Gasteiger partial charge in [0.05, 0.1) is 15.7 Å². The molecule has 1 heterocycles. The van der Waals surface area contributed by atoms with Crippen molar-refractivity contribution in [2.75, 3.05) is 6.61 Å². The maximum atomic E-state index is 10.9. The molecule has 0 spiro atoms. The third-order valence-electron chi connectivity index (χ3n) is 2.72. The zero-order chi connectivity index (χ0) is 13.8. The molecule has 0 radical (unpaired) electrons. The minimum atomic E-state index is -0.951. The maximum absolute atomic E-state index is 10.9. The van der Waals surface area contributed by atoms with Crippen molar-refractivity contribution in [3.8, 4) is 5.75 Å². The quantitative estimate of drug-likeness (QED) is 0.819. The molecule has 5 nitrogen and oxygen atoms in total. The van der Waals surface area contributed by atoms with Crippen LogP contribution in [0.15, 0.2) is 30.5 Å². The number of ether oxygens (including phenoxy) is 1. The van der Waals surface area contributed by atoms with Crippen LogP contribution in [0.5, 0.6) is 5.75 Å². The standard InChI is InChI=1S/C13H13IN2O3/c1-16-10(4-6-15-16)5-7-19-12-8-9(13(17)18)2-3-11(12)14/h2-4,6,8H,5,7H2,1H3,(H,17,18). The average Bonchev–Trinajstić information content (AvgIpc) is 2.77. The van der Waals surface area contributed by atoms with E-state index in [0.717, 1.165) is 15.7 Å². The Morgan fingerprint density at radius 1 is 1.47 bits per heavy atom. The molecule has 0 saturated carbocycles. The minimum absolute atomic E-state index is 0.232. The van der Waals surface area contributed by atoms with E-state index in [1.807, 2.05) is 13.1 Å². The highest BCUT2D eigenvalue weighted by molar-refractivity contribution is 14.1. The molecule has 0 aliphatic heterocycles. The number of carbonyl (C=O) groups is 1. The number of aromatic nitrogens is 2. The molecule has 0 bridgehead atoms. The summed E-state index contributed by atoms with van der Waals surface area (Å²) in [6, 6.07) is 6.79. The van der Waals surface area contributed by atoms with Crippen LogP contribution in [0.4, 0.5) is 0 Å². The second kappa shape index (κ2) is 6.05. The molecule has 0 amide bonds. The van der Waals surface area contributed by atoms with E-state index in [4.69, 9.17) is 9.84 Å². The van der Waals surface area contributed by atoms with Gasteiger partial charge in [0.15, 0.2) is 0 Å². The smallest absolute Gasteiger partial charge is 0.335 e. The van der Waals surface area contributed by atoms with Crippen molar-refractivity contribution in [2.24, 2.45) is 7.05 Å². The first-order valence-electron chi connectivity index (χ1n) is 5.70. The summed E-state index contributed by atoms with van der Waals surface area (Å²) in [5, 5.41) is 13.0. The van der Waals surface area contributed by atoms with Gasteiger partial charge < -0.3 is 9.84 Å². The Kier molecular flexibility index (Phi) is 4.41. The summed E-state index contributed by atoms with van der Waals surface area (Å²) in [6.45, 7) is 0.485. The summed E-state index contributed by atoms with van der Waals surface area (Å²) in [7, 11) is 1.88. The molecular formula is C13H13IN2O3. The molecule has 0 saturated heterocycles. The SMILES string of the molecule is Cn1nccc1CCOc1cc(C(=O)O)ccc1I. The van der Waals surface area contributed by atoms with Crippen molar-refractivity contribution in [1.29, 1.82) is 0 Å². The maximum Gasteiger partial charge on any atom is 0.335 e. The number of halogens is 1. The van der Waals surface area contributed by atoms with E-state index in [0.29, 0.717) is 12.4 Å². The van der Waals surface area contributed by atoms with Gasteiger partial charge in [0, 0.05) is 25.4 Å². The lowest BCUT2D eigenvalue weighted by molar-refractivity contribution is 0.0696. The third-order valence-corrected chi connectivity index (χ3v) is 3.61. The Balaban J connectivity index is 2.01. The highest BCUT2D eigenvalue weighted by atomic mass is 127. The Morgan fingerprint density at radius 2 is 2.26 bits per heavy atom. The van der Waals surface area contributed by atoms with Gasteiger partial charge in [0.2, 0.25) is 0 Å². The monoisotopic (exact) mass is 372 g/mol. The molecule has 0 unspecified atom stereocenters.